The van der Waals surface area contributed by atoms with Crippen LogP contribution in [0.2, 0.25) is 0 Å². The van der Waals surface area contributed by atoms with Gasteiger partial charge in [-0.2, -0.15) is 0 Å². The third-order valence-electron chi connectivity index (χ3n) is 3.72. The van der Waals surface area contributed by atoms with Crippen LogP contribution in [0.3, 0.4) is 0 Å². The van der Waals surface area contributed by atoms with E-state index in [1.54, 1.807) is 17.0 Å². The number of nitrogen functional groups attached to an aromatic ring is 1. The number of ether oxygens (including phenoxy) is 1. The van der Waals surface area contributed by atoms with Crippen LogP contribution < -0.4 is 10.5 Å². The predicted molar refractivity (Wildman–Crippen MR) is 81.5 cm³/mol. The molecule has 0 amide bonds. The van der Waals surface area contributed by atoms with Crippen LogP contribution in [-0.2, 0) is 0 Å². The summed E-state index contributed by atoms with van der Waals surface area (Å²) in [5.41, 5.74) is 10.3. The lowest BCUT2D eigenvalue weighted by molar-refractivity contribution is 0.415. The van der Waals surface area contributed by atoms with Crippen molar-refractivity contribution in [1.29, 1.82) is 0 Å². The van der Waals surface area contributed by atoms with E-state index in [4.69, 9.17) is 10.5 Å². The summed E-state index contributed by atoms with van der Waals surface area (Å²) in [5, 5.41) is 0. The molecule has 108 valence electrons. The summed E-state index contributed by atoms with van der Waals surface area (Å²) in [6.07, 6.45) is 1.61. The van der Waals surface area contributed by atoms with Crippen molar-refractivity contribution < 1.29 is 9.13 Å². The number of benzene rings is 2. The van der Waals surface area contributed by atoms with Gasteiger partial charge in [0.05, 0.1) is 29.5 Å². The average Bonchev–Trinajstić information content (AvgIpc) is 2.82. The van der Waals surface area contributed by atoms with Gasteiger partial charge in [-0.25, -0.2) is 9.37 Å². The number of rotatable bonds is 2. The number of aryl methyl sites for hydroxylation is 2. The van der Waals surface area contributed by atoms with Gasteiger partial charge in [0, 0.05) is 12.1 Å². The minimum absolute atomic E-state index is 0.273. The Morgan fingerprint density at radius 2 is 1.86 bits per heavy atom. The average molecular weight is 285 g/mol. The molecule has 0 saturated carbocycles. The summed E-state index contributed by atoms with van der Waals surface area (Å²) in [6, 6.07) is 6.84. The number of hydrogen-bond donors (Lipinski definition) is 1. The largest absolute Gasteiger partial charge is 0.495 e. The van der Waals surface area contributed by atoms with Crippen LogP contribution in [0.15, 0.2) is 30.6 Å². The van der Waals surface area contributed by atoms with Crippen molar-refractivity contribution in [2.75, 3.05) is 12.8 Å². The second-order valence-corrected chi connectivity index (χ2v) is 5.09. The van der Waals surface area contributed by atoms with Crippen molar-refractivity contribution in [3.63, 3.8) is 0 Å². The molecule has 0 bridgehead atoms. The molecule has 2 aromatic carbocycles. The summed E-state index contributed by atoms with van der Waals surface area (Å²) >= 11 is 0. The molecule has 4 nitrogen and oxygen atoms in total. The zero-order chi connectivity index (χ0) is 15.1. The molecule has 21 heavy (non-hydrogen) atoms. The van der Waals surface area contributed by atoms with Gasteiger partial charge >= 0.3 is 0 Å². The molecule has 1 heterocycles. The number of fused-ring (bicyclic) bond motifs is 1. The number of anilines is 1. The van der Waals surface area contributed by atoms with Crippen LogP contribution in [0, 0.1) is 19.7 Å². The maximum Gasteiger partial charge on any atom is 0.149 e. The van der Waals surface area contributed by atoms with Gasteiger partial charge in [-0.15, -0.1) is 0 Å². The fraction of sp³-hybridized carbons (Fsp3) is 0.188. The van der Waals surface area contributed by atoms with Gasteiger partial charge in [0.25, 0.3) is 0 Å². The second-order valence-electron chi connectivity index (χ2n) is 5.09. The Bertz CT molecular complexity index is 839. The van der Waals surface area contributed by atoms with Crippen molar-refractivity contribution in [1.82, 2.24) is 9.55 Å². The lowest BCUT2D eigenvalue weighted by atomic mass is 10.1. The van der Waals surface area contributed by atoms with Crippen molar-refractivity contribution in [3.05, 3.63) is 47.5 Å². The van der Waals surface area contributed by atoms with Crippen LogP contribution in [0.4, 0.5) is 10.1 Å². The molecule has 0 aliphatic carbocycles. The molecule has 0 radical (unpaired) electrons. The summed E-state index contributed by atoms with van der Waals surface area (Å²) in [4.78, 5) is 4.34. The summed E-state index contributed by atoms with van der Waals surface area (Å²) in [5.74, 6) is 0.0305. The fourth-order valence-electron chi connectivity index (χ4n) is 2.38. The summed E-state index contributed by atoms with van der Waals surface area (Å²) in [7, 11) is 1.51. The lowest BCUT2D eigenvalue weighted by Gasteiger charge is -2.11. The van der Waals surface area contributed by atoms with E-state index in [0.717, 1.165) is 22.2 Å². The Balaban J connectivity index is 2.28. The van der Waals surface area contributed by atoms with Crippen LogP contribution in [0.1, 0.15) is 11.1 Å². The highest BCUT2D eigenvalue weighted by atomic mass is 19.1. The molecule has 0 aliphatic heterocycles. The standard InChI is InChI=1S/C16H16FN3O/c1-9-4-13-15(5-10(9)2)20(8-19-13)14-7-16(21-3)12(18)6-11(14)17/h4-8H,18H2,1-3H3. The molecule has 0 fully saturated rings. The number of hydrogen-bond acceptors (Lipinski definition) is 3. The first-order valence-corrected chi connectivity index (χ1v) is 6.59. The summed E-state index contributed by atoms with van der Waals surface area (Å²) in [6.45, 7) is 4.05. The predicted octanol–water partition coefficient (Wildman–Crippen LogP) is 3.37. The number of halogens is 1. The smallest absolute Gasteiger partial charge is 0.149 e. The Labute approximate surface area is 122 Å². The molecule has 0 atom stereocenters. The highest BCUT2D eigenvalue weighted by Gasteiger charge is 2.13. The van der Waals surface area contributed by atoms with Crippen LogP contribution >= 0.6 is 0 Å². The van der Waals surface area contributed by atoms with Gasteiger partial charge in [0.1, 0.15) is 17.9 Å². The Hall–Kier alpha value is -2.56. The van der Waals surface area contributed by atoms with Crippen molar-refractivity contribution in [2.24, 2.45) is 0 Å². The maximum atomic E-state index is 14.3. The maximum absolute atomic E-state index is 14.3. The number of imidazole rings is 1. The van der Waals surface area contributed by atoms with Gasteiger partial charge in [-0.05, 0) is 37.1 Å². The minimum Gasteiger partial charge on any atom is -0.495 e. The SMILES string of the molecule is COc1cc(-n2cnc3cc(C)c(C)cc32)c(F)cc1N. The van der Waals surface area contributed by atoms with E-state index in [1.165, 1.54) is 13.2 Å². The van der Waals surface area contributed by atoms with E-state index in [-0.39, 0.29) is 5.69 Å². The molecule has 0 saturated heterocycles. The molecule has 3 rings (SSSR count). The van der Waals surface area contributed by atoms with Crippen molar-refractivity contribution >= 4 is 16.7 Å². The van der Waals surface area contributed by atoms with E-state index in [0.29, 0.717) is 11.4 Å². The Morgan fingerprint density at radius 3 is 2.57 bits per heavy atom. The van der Waals surface area contributed by atoms with Gasteiger partial charge in [0.2, 0.25) is 0 Å². The normalized spacial score (nSPS) is 11.0. The number of nitrogens with zero attached hydrogens (tertiary/aromatic N) is 2. The first kappa shape index (κ1) is 13.4. The molecular weight excluding hydrogens is 269 g/mol. The molecule has 0 spiro atoms. The first-order chi connectivity index (χ1) is 10.0. The number of nitrogens with two attached hydrogens (primary N) is 1. The fourth-order valence-corrected chi connectivity index (χ4v) is 2.38. The first-order valence-electron chi connectivity index (χ1n) is 6.59. The molecule has 2 N–H and O–H groups in total. The van der Waals surface area contributed by atoms with Crippen LogP contribution in [-0.4, -0.2) is 16.7 Å². The molecule has 0 unspecified atom stereocenters. The van der Waals surface area contributed by atoms with E-state index in [2.05, 4.69) is 4.98 Å². The van der Waals surface area contributed by atoms with Crippen molar-refractivity contribution in [3.8, 4) is 11.4 Å². The molecule has 3 aromatic rings. The minimum atomic E-state index is -0.411. The topological polar surface area (TPSA) is 53.1 Å². The van der Waals surface area contributed by atoms with Gasteiger partial charge in [-0.3, -0.25) is 4.57 Å². The summed E-state index contributed by atoms with van der Waals surface area (Å²) < 4.78 is 21.1. The highest BCUT2D eigenvalue weighted by molar-refractivity contribution is 5.79. The van der Waals surface area contributed by atoms with Crippen LogP contribution in [0.25, 0.3) is 16.7 Å². The molecule has 5 heteroatoms. The van der Waals surface area contributed by atoms with Gasteiger partial charge in [0.15, 0.2) is 0 Å². The molecular formula is C16H16FN3O. The zero-order valence-electron chi connectivity index (χ0n) is 12.1. The highest BCUT2D eigenvalue weighted by Crippen LogP contribution is 2.30. The van der Waals surface area contributed by atoms with Crippen LogP contribution in [0.5, 0.6) is 5.75 Å². The van der Waals surface area contributed by atoms with E-state index in [9.17, 15) is 4.39 Å². The van der Waals surface area contributed by atoms with E-state index in [1.807, 2.05) is 26.0 Å². The zero-order valence-corrected chi connectivity index (χ0v) is 12.1. The number of aromatic nitrogens is 2. The second kappa shape index (κ2) is 4.77. The van der Waals surface area contributed by atoms with Gasteiger partial charge < -0.3 is 10.5 Å². The number of methoxy groups -OCH3 is 1. The van der Waals surface area contributed by atoms with Crippen molar-refractivity contribution in [2.45, 2.75) is 13.8 Å². The monoisotopic (exact) mass is 285 g/mol. The Kier molecular flexibility index (Phi) is 3.05. The Morgan fingerprint density at radius 1 is 1.14 bits per heavy atom. The molecule has 1 aromatic heterocycles. The van der Waals surface area contributed by atoms with E-state index < -0.39 is 5.82 Å². The lowest BCUT2D eigenvalue weighted by Crippen LogP contribution is -2.01. The van der Waals surface area contributed by atoms with Gasteiger partial charge in [-0.1, -0.05) is 0 Å². The third kappa shape index (κ3) is 2.11. The third-order valence-corrected chi connectivity index (χ3v) is 3.72. The van der Waals surface area contributed by atoms with E-state index >= 15 is 0 Å². The molecule has 0 aliphatic rings. The quantitative estimate of drug-likeness (QED) is 0.734.